The molecule has 0 aromatic carbocycles. The Morgan fingerprint density at radius 1 is 1.69 bits per heavy atom. The van der Waals surface area contributed by atoms with Gasteiger partial charge in [-0.25, -0.2) is 0 Å². The lowest BCUT2D eigenvalue weighted by atomic mass is 9.86. The molecular formula is C12H21N3O. The highest BCUT2D eigenvalue weighted by molar-refractivity contribution is 4.98. The third-order valence-electron chi connectivity index (χ3n) is 3.92. The normalized spacial score (nSPS) is 29.8. The number of hydrogen-bond acceptors (Lipinski definition) is 3. The Balaban J connectivity index is 1.93. The van der Waals surface area contributed by atoms with Crippen LogP contribution in [0.2, 0.25) is 0 Å². The van der Waals surface area contributed by atoms with E-state index in [4.69, 9.17) is 5.73 Å². The minimum absolute atomic E-state index is 0.107. The first-order valence-electron chi connectivity index (χ1n) is 6.04. The fourth-order valence-electron chi connectivity index (χ4n) is 2.72. The molecule has 90 valence electrons. The molecular weight excluding hydrogens is 202 g/mol. The van der Waals surface area contributed by atoms with Gasteiger partial charge in [0.25, 0.3) is 0 Å². The highest BCUT2D eigenvalue weighted by atomic mass is 16.3. The summed E-state index contributed by atoms with van der Waals surface area (Å²) in [5, 5.41) is 13.6. The van der Waals surface area contributed by atoms with Gasteiger partial charge in [0.2, 0.25) is 0 Å². The van der Waals surface area contributed by atoms with Crippen LogP contribution in [0.4, 0.5) is 0 Å². The summed E-state index contributed by atoms with van der Waals surface area (Å²) in [6, 6.07) is 2.01. The first-order chi connectivity index (χ1) is 7.65. The van der Waals surface area contributed by atoms with E-state index in [0.717, 1.165) is 32.2 Å². The maximum absolute atomic E-state index is 9.36. The minimum atomic E-state index is -0.346. The Bertz CT molecular complexity index is 350. The summed E-state index contributed by atoms with van der Waals surface area (Å²) < 4.78 is 2.01. The van der Waals surface area contributed by atoms with Gasteiger partial charge in [-0.1, -0.05) is 6.42 Å². The number of aliphatic hydroxyl groups excluding tert-OH is 1. The molecule has 1 heterocycles. The zero-order chi connectivity index (χ0) is 11.6. The largest absolute Gasteiger partial charge is 0.394 e. The predicted molar refractivity (Wildman–Crippen MR) is 62.9 cm³/mol. The molecule has 4 heteroatoms. The van der Waals surface area contributed by atoms with Crippen LogP contribution in [-0.4, -0.2) is 27.0 Å². The molecule has 0 radical (unpaired) electrons. The number of aromatic nitrogens is 2. The summed E-state index contributed by atoms with van der Waals surface area (Å²) in [6.45, 7) is 3.07. The SMILES string of the molecule is Cc1ccnn1CCC1CCCC1(N)CO. The second kappa shape index (κ2) is 4.55. The highest BCUT2D eigenvalue weighted by Gasteiger charge is 2.38. The van der Waals surface area contributed by atoms with Gasteiger partial charge >= 0.3 is 0 Å². The van der Waals surface area contributed by atoms with Crippen molar-refractivity contribution < 1.29 is 5.11 Å². The van der Waals surface area contributed by atoms with Gasteiger partial charge in [0.15, 0.2) is 0 Å². The Hall–Kier alpha value is -0.870. The van der Waals surface area contributed by atoms with Crippen molar-refractivity contribution in [2.45, 2.75) is 44.7 Å². The molecule has 2 unspecified atom stereocenters. The topological polar surface area (TPSA) is 64.1 Å². The van der Waals surface area contributed by atoms with E-state index in [9.17, 15) is 5.11 Å². The molecule has 0 saturated heterocycles. The number of rotatable bonds is 4. The average Bonchev–Trinajstić information content (AvgIpc) is 2.83. The second-order valence-electron chi connectivity index (χ2n) is 4.96. The summed E-state index contributed by atoms with van der Waals surface area (Å²) in [5.41, 5.74) is 7.04. The van der Waals surface area contributed by atoms with E-state index in [0.29, 0.717) is 5.92 Å². The van der Waals surface area contributed by atoms with Gasteiger partial charge in [-0.3, -0.25) is 4.68 Å². The smallest absolute Gasteiger partial charge is 0.0613 e. The first-order valence-corrected chi connectivity index (χ1v) is 6.04. The number of aryl methyl sites for hydroxylation is 2. The molecule has 0 amide bonds. The van der Waals surface area contributed by atoms with E-state index < -0.39 is 0 Å². The van der Waals surface area contributed by atoms with Crippen molar-refractivity contribution in [2.75, 3.05) is 6.61 Å². The summed E-state index contributed by atoms with van der Waals surface area (Å²) in [6.07, 6.45) is 6.06. The van der Waals surface area contributed by atoms with Gasteiger partial charge in [-0.15, -0.1) is 0 Å². The second-order valence-corrected chi connectivity index (χ2v) is 4.96. The summed E-state index contributed by atoms with van der Waals surface area (Å²) in [5.74, 6) is 0.432. The van der Waals surface area contributed by atoms with Crippen molar-refractivity contribution >= 4 is 0 Å². The summed E-state index contributed by atoms with van der Waals surface area (Å²) in [4.78, 5) is 0. The van der Waals surface area contributed by atoms with Gasteiger partial charge in [0, 0.05) is 24.0 Å². The zero-order valence-corrected chi connectivity index (χ0v) is 9.89. The number of hydrogen-bond donors (Lipinski definition) is 2. The van der Waals surface area contributed by atoms with Gasteiger partial charge < -0.3 is 10.8 Å². The number of nitrogens with zero attached hydrogens (tertiary/aromatic N) is 2. The Morgan fingerprint density at radius 3 is 3.12 bits per heavy atom. The molecule has 1 fully saturated rings. The number of nitrogens with two attached hydrogens (primary N) is 1. The van der Waals surface area contributed by atoms with Crippen LogP contribution in [0.25, 0.3) is 0 Å². The average molecular weight is 223 g/mol. The fourth-order valence-corrected chi connectivity index (χ4v) is 2.72. The lowest BCUT2D eigenvalue weighted by Crippen LogP contribution is -2.47. The molecule has 2 atom stereocenters. The van der Waals surface area contributed by atoms with E-state index in [1.54, 1.807) is 0 Å². The summed E-state index contributed by atoms with van der Waals surface area (Å²) in [7, 11) is 0. The van der Waals surface area contributed by atoms with Crippen LogP contribution in [0.3, 0.4) is 0 Å². The lowest BCUT2D eigenvalue weighted by Gasteiger charge is -2.29. The Morgan fingerprint density at radius 2 is 2.50 bits per heavy atom. The van der Waals surface area contributed by atoms with Crippen LogP contribution in [0, 0.1) is 12.8 Å². The van der Waals surface area contributed by atoms with Gasteiger partial charge in [-0.05, 0) is 38.2 Å². The van der Waals surface area contributed by atoms with Crippen molar-refractivity contribution in [1.82, 2.24) is 9.78 Å². The van der Waals surface area contributed by atoms with E-state index in [2.05, 4.69) is 12.0 Å². The van der Waals surface area contributed by atoms with E-state index >= 15 is 0 Å². The predicted octanol–water partition coefficient (Wildman–Crippen LogP) is 1.07. The van der Waals surface area contributed by atoms with Crippen molar-refractivity contribution in [3.63, 3.8) is 0 Å². The van der Waals surface area contributed by atoms with Crippen molar-refractivity contribution in [3.8, 4) is 0 Å². The minimum Gasteiger partial charge on any atom is -0.394 e. The molecule has 2 rings (SSSR count). The molecule has 1 aliphatic carbocycles. The van der Waals surface area contributed by atoms with Gasteiger partial charge in [-0.2, -0.15) is 5.10 Å². The van der Waals surface area contributed by atoms with Crippen LogP contribution < -0.4 is 5.73 Å². The van der Waals surface area contributed by atoms with Crippen LogP contribution in [0.5, 0.6) is 0 Å². The zero-order valence-electron chi connectivity index (χ0n) is 9.89. The monoisotopic (exact) mass is 223 g/mol. The maximum Gasteiger partial charge on any atom is 0.0613 e. The highest BCUT2D eigenvalue weighted by Crippen LogP contribution is 2.35. The lowest BCUT2D eigenvalue weighted by molar-refractivity contribution is 0.152. The summed E-state index contributed by atoms with van der Waals surface area (Å²) >= 11 is 0. The Labute approximate surface area is 96.5 Å². The molecule has 4 nitrogen and oxygen atoms in total. The van der Waals surface area contributed by atoms with E-state index in [-0.39, 0.29) is 12.1 Å². The van der Waals surface area contributed by atoms with E-state index in [1.807, 2.05) is 16.9 Å². The third-order valence-corrected chi connectivity index (χ3v) is 3.92. The molecule has 3 N–H and O–H groups in total. The molecule has 1 aliphatic rings. The van der Waals surface area contributed by atoms with Crippen molar-refractivity contribution in [1.29, 1.82) is 0 Å². The van der Waals surface area contributed by atoms with Gasteiger partial charge in [0.1, 0.15) is 0 Å². The molecule has 0 bridgehead atoms. The molecule has 1 saturated carbocycles. The van der Waals surface area contributed by atoms with Crippen LogP contribution in [-0.2, 0) is 6.54 Å². The standard InChI is InChI=1S/C12H21N3O/c1-10-4-7-14-15(10)8-5-11-3-2-6-12(11,13)9-16/h4,7,11,16H,2-3,5-6,8-9,13H2,1H3. The quantitative estimate of drug-likeness (QED) is 0.802. The molecule has 0 spiro atoms. The first kappa shape index (κ1) is 11.6. The molecule has 1 aromatic rings. The van der Waals surface area contributed by atoms with Crippen LogP contribution in [0.1, 0.15) is 31.4 Å². The Kier molecular flexibility index (Phi) is 3.30. The van der Waals surface area contributed by atoms with E-state index in [1.165, 1.54) is 5.69 Å². The third kappa shape index (κ3) is 2.13. The fraction of sp³-hybridized carbons (Fsp3) is 0.750. The van der Waals surface area contributed by atoms with Crippen LogP contribution >= 0.6 is 0 Å². The van der Waals surface area contributed by atoms with Crippen molar-refractivity contribution in [2.24, 2.45) is 11.7 Å². The van der Waals surface area contributed by atoms with Gasteiger partial charge in [0.05, 0.1) is 6.61 Å². The van der Waals surface area contributed by atoms with Crippen LogP contribution in [0.15, 0.2) is 12.3 Å². The molecule has 0 aliphatic heterocycles. The molecule has 1 aromatic heterocycles. The maximum atomic E-state index is 9.36. The van der Waals surface area contributed by atoms with Crippen molar-refractivity contribution in [3.05, 3.63) is 18.0 Å². The number of aliphatic hydroxyl groups is 1. The molecule has 16 heavy (non-hydrogen) atoms.